The molecule has 1 aromatic carbocycles. The molecule has 0 bridgehead atoms. The number of hydrogen-bond acceptors (Lipinski definition) is 3. The average molecular weight is 393 g/mol. The molecule has 2 unspecified atom stereocenters. The maximum Gasteiger partial charge on any atom is 0.315 e. The van der Waals surface area contributed by atoms with E-state index in [1.54, 1.807) is 4.90 Å². The van der Waals surface area contributed by atoms with Crippen molar-refractivity contribution >= 4 is 11.7 Å². The van der Waals surface area contributed by atoms with E-state index in [2.05, 4.69) is 48.4 Å². The number of likely N-dealkylation sites (tertiary alicyclic amines) is 1. The van der Waals surface area contributed by atoms with Crippen LogP contribution in [0.5, 0.6) is 5.75 Å². The number of nitrogens with zero attached hydrogens (tertiary/aromatic N) is 3. The summed E-state index contributed by atoms with van der Waals surface area (Å²) in [6.45, 7) is 6.99. The number of urea groups is 1. The van der Waals surface area contributed by atoms with Gasteiger partial charge in [-0.1, -0.05) is 26.0 Å². The average Bonchev–Trinajstić information content (AvgIpc) is 3.18. The molecule has 152 valence electrons. The number of amides is 2. The monoisotopic (exact) mass is 392 g/mol. The second-order valence-corrected chi connectivity index (χ2v) is 8.12. The van der Waals surface area contributed by atoms with Gasteiger partial charge in [0.15, 0.2) is 0 Å². The van der Waals surface area contributed by atoms with Crippen molar-refractivity contribution in [1.29, 1.82) is 0 Å². The first kappa shape index (κ1) is 19.3. The van der Waals surface area contributed by atoms with Gasteiger partial charge in [0.25, 0.3) is 0 Å². The van der Waals surface area contributed by atoms with E-state index in [1.165, 1.54) is 5.56 Å². The Hall–Kier alpha value is -3.02. The number of nitrogens with two attached hydrogens (primary N) is 1. The van der Waals surface area contributed by atoms with Crippen molar-refractivity contribution in [2.75, 3.05) is 6.54 Å². The third-order valence-electron chi connectivity index (χ3n) is 5.94. The van der Waals surface area contributed by atoms with Crippen LogP contribution in [0.1, 0.15) is 32.4 Å². The van der Waals surface area contributed by atoms with E-state index in [1.807, 2.05) is 30.6 Å². The number of carbonyl (C=O) groups is 1. The summed E-state index contributed by atoms with van der Waals surface area (Å²) in [4.78, 5) is 17.8. The second kappa shape index (κ2) is 7.78. The fourth-order valence-electron chi connectivity index (χ4n) is 4.32. The lowest BCUT2D eigenvalue weighted by molar-refractivity contribution is 0.0587. The van der Waals surface area contributed by atoms with Crippen LogP contribution in [0.3, 0.4) is 0 Å². The summed E-state index contributed by atoms with van der Waals surface area (Å²) in [5, 5.41) is 0. The highest BCUT2D eigenvalue weighted by atomic mass is 16.5. The van der Waals surface area contributed by atoms with Crippen molar-refractivity contribution < 1.29 is 9.53 Å². The number of ether oxygens (including phenoxy) is 1. The highest BCUT2D eigenvalue weighted by Gasteiger charge is 2.33. The van der Waals surface area contributed by atoms with Crippen LogP contribution >= 0.6 is 0 Å². The van der Waals surface area contributed by atoms with Crippen LogP contribution in [0.4, 0.5) is 4.79 Å². The first-order chi connectivity index (χ1) is 13.9. The maximum absolute atomic E-state index is 11.7. The molecule has 29 heavy (non-hydrogen) atoms. The molecule has 2 N–H and O–H groups in total. The van der Waals surface area contributed by atoms with Crippen LogP contribution in [-0.2, 0) is 0 Å². The van der Waals surface area contributed by atoms with E-state index in [0.29, 0.717) is 12.5 Å². The number of benzene rings is 1. The summed E-state index contributed by atoms with van der Waals surface area (Å²) >= 11 is 0. The molecule has 2 aromatic heterocycles. The van der Waals surface area contributed by atoms with Crippen LogP contribution in [-0.4, -0.2) is 39.0 Å². The maximum atomic E-state index is 11.7. The Morgan fingerprint density at radius 1 is 1.21 bits per heavy atom. The van der Waals surface area contributed by atoms with Gasteiger partial charge in [0.2, 0.25) is 0 Å². The zero-order chi connectivity index (χ0) is 20.5. The highest BCUT2D eigenvalue weighted by molar-refractivity contribution is 5.72. The number of imidazole rings is 1. The minimum absolute atomic E-state index is 0.0906. The Labute approximate surface area is 171 Å². The van der Waals surface area contributed by atoms with Gasteiger partial charge in [0, 0.05) is 49.1 Å². The van der Waals surface area contributed by atoms with Gasteiger partial charge in [0.05, 0.1) is 0 Å². The summed E-state index contributed by atoms with van der Waals surface area (Å²) in [6.07, 6.45) is 5.49. The number of piperidine rings is 1. The van der Waals surface area contributed by atoms with Gasteiger partial charge >= 0.3 is 6.03 Å². The van der Waals surface area contributed by atoms with Crippen molar-refractivity contribution in [3.8, 4) is 16.9 Å². The van der Waals surface area contributed by atoms with Gasteiger partial charge in [-0.15, -0.1) is 0 Å². The van der Waals surface area contributed by atoms with E-state index < -0.39 is 0 Å². The number of primary amides is 1. The molecule has 0 radical (unpaired) electrons. The first-order valence-corrected chi connectivity index (χ1v) is 10.2. The molecule has 2 atom stereocenters. The van der Waals surface area contributed by atoms with E-state index in [9.17, 15) is 4.79 Å². The number of fused-ring (bicyclic) bond motifs is 1. The topological polar surface area (TPSA) is 72.9 Å². The molecule has 4 rings (SSSR count). The first-order valence-electron chi connectivity index (χ1n) is 10.2. The normalized spacial score (nSPS) is 19.7. The van der Waals surface area contributed by atoms with Crippen LogP contribution in [0.2, 0.25) is 0 Å². The highest BCUT2D eigenvalue weighted by Crippen LogP contribution is 2.29. The smallest absolute Gasteiger partial charge is 0.315 e. The molecule has 1 fully saturated rings. The number of hydrogen-bond donors (Lipinski definition) is 1. The molecule has 0 spiro atoms. The second-order valence-electron chi connectivity index (χ2n) is 8.12. The Kier molecular flexibility index (Phi) is 5.18. The molecule has 1 aliphatic rings. The van der Waals surface area contributed by atoms with Crippen molar-refractivity contribution in [2.45, 2.75) is 45.8 Å². The van der Waals surface area contributed by atoms with E-state index in [-0.39, 0.29) is 18.2 Å². The van der Waals surface area contributed by atoms with Gasteiger partial charge in [-0.05, 0) is 42.7 Å². The Balaban J connectivity index is 1.48. The predicted octanol–water partition coefficient (Wildman–Crippen LogP) is 4.26. The quantitative estimate of drug-likeness (QED) is 0.721. The molecule has 3 aromatic rings. The number of aromatic nitrogens is 2. The molecule has 6 nitrogen and oxygen atoms in total. The van der Waals surface area contributed by atoms with Crippen LogP contribution < -0.4 is 10.5 Å². The molecule has 3 heterocycles. The predicted molar refractivity (Wildman–Crippen MR) is 114 cm³/mol. The molecule has 2 amide bonds. The fourth-order valence-corrected chi connectivity index (χ4v) is 4.32. The van der Waals surface area contributed by atoms with E-state index in [0.717, 1.165) is 35.5 Å². The molecule has 6 heteroatoms. The summed E-state index contributed by atoms with van der Waals surface area (Å²) in [7, 11) is 0. The largest absolute Gasteiger partial charge is 0.490 e. The van der Waals surface area contributed by atoms with Gasteiger partial charge in [-0.2, -0.15) is 0 Å². The Morgan fingerprint density at radius 2 is 1.97 bits per heavy atom. The zero-order valence-corrected chi connectivity index (χ0v) is 17.2. The number of rotatable bonds is 4. The molecular weight excluding hydrogens is 364 g/mol. The van der Waals surface area contributed by atoms with Crippen molar-refractivity contribution in [2.24, 2.45) is 11.7 Å². The third-order valence-corrected chi connectivity index (χ3v) is 5.94. The third kappa shape index (κ3) is 3.79. The van der Waals surface area contributed by atoms with Gasteiger partial charge < -0.3 is 19.8 Å². The molecule has 0 saturated carbocycles. The minimum Gasteiger partial charge on any atom is -0.490 e. The molecule has 0 aliphatic carbocycles. The molecule has 1 saturated heterocycles. The number of carbonyl (C=O) groups excluding carboxylic acids is 1. The Bertz CT molecular complexity index is 1010. The lowest BCUT2D eigenvalue weighted by Crippen LogP contribution is -2.52. The van der Waals surface area contributed by atoms with Gasteiger partial charge in [-0.25, -0.2) is 9.78 Å². The number of aryl methyl sites for hydroxylation is 1. The Morgan fingerprint density at radius 3 is 2.66 bits per heavy atom. The number of pyridine rings is 1. The van der Waals surface area contributed by atoms with Crippen LogP contribution in [0, 0.1) is 12.8 Å². The fraction of sp³-hybridized carbons (Fsp3) is 0.391. The van der Waals surface area contributed by atoms with E-state index in [4.69, 9.17) is 10.5 Å². The minimum atomic E-state index is -0.336. The van der Waals surface area contributed by atoms with Crippen molar-refractivity contribution in [3.63, 3.8) is 0 Å². The SMILES string of the molecule is Cc1c(-c2ccc(OC3CCN(C(N)=O)C(C(C)C)C3)cc2)ccc2nccn12. The summed E-state index contributed by atoms with van der Waals surface area (Å²) < 4.78 is 8.34. The lowest BCUT2D eigenvalue weighted by atomic mass is 9.91. The summed E-state index contributed by atoms with van der Waals surface area (Å²) in [5.41, 5.74) is 9.98. The van der Waals surface area contributed by atoms with Gasteiger partial charge in [0.1, 0.15) is 17.5 Å². The van der Waals surface area contributed by atoms with Crippen molar-refractivity contribution in [3.05, 3.63) is 54.5 Å². The molecule has 1 aliphatic heterocycles. The lowest BCUT2D eigenvalue weighted by Gasteiger charge is -2.40. The van der Waals surface area contributed by atoms with Crippen molar-refractivity contribution in [1.82, 2.24) is 14.3 Å². The van der Waals surface area contributed by atoms with Crippen LogP contribution in [0.25, 0.3) is 16.8 Å². The zero-order valence-electron chi connectivity index (χ0n) is 17.2. The van der Waals surface area contributed by atoms with E-state index >= 15 is 0 Å². The summed E-state index contributed by atoms with van der Waals surface area (Å²) in [5.74, 6) is 1.20. The standard InChI is InChI=1S/C23H28N4O2/c1-15(2)21-14-19(10-12-27(21)23(24)28)29-18-6-4-17(5-7-18)20-8-9-22-25-11-13-26(22)16(20)3/h4-9,11,13,15,19,21H,10,12,14H2,1-3H3,(H2,24,28). The van der Waals surface area contributed by atoms with Gasteiger partial charge in [-0.3, -0.25) is 0 Å². The molecular formula is C23H28N4O2. The summed E-state index contributed by atoms with van der Waals surface area (Å²) in [6, 6.07) is 12.2. The van der Waals surface area contributed by atoms with Crippen LogP contribution in [0.15, 0.2) is 48.8 Å².